The average Bonchev–Trinajstić information content (AvgIpc) is 2.77. The number of ether oxygens (including phenoxy) is 2. The van der Waals surface area contributed by atoms with Crippen LogP contribution in [0.3, 0.4) is 0 Å². The van der Waals surface area contributed by atoms with Crippen LogP contribution in [0.25, 0.3) is 6.08 Å². The third kappa shape index (κ3) is 6.68. The number of benzene rings is 2. The summed E-state index contributed by atoms with van der Waals surface area (Å²) in [6.45, 7) is 5.16. The SMILES string of the molecule is O=C(C=Cc1ccccc1[N+](=O)[O-])NCc1cccc(OCCN2CCOCC2)c1. The number of nitro groups is 1. The summed E-state index contributed by atoms with van der Waals surface area (Å²) in [4.78, 5) is 24.9. The summed E-state index contributed by atoms with van der Waals surface area (Å²) >= 11 is 0. The minimum atomic E-state index is -0.470. The van der Waals surface area contributed by atoms with Gasteiger partial charge in [-0.3, -0.25) is 19.8 Å². The number of nitro benzene ring substituents is 1. The topological polar surface area (TPSA) is 93.9 Å². The largest absolute Gasteiger partial charge is 0.492 e. The van der Waals surface area contributed by atoms with E-state index in [4.69, 9.17) is 9.47 Å². The van der Waals surface area contributed by atoms with E-state index in [0.717, 1.165) is 44.2 Å². The second kappa shape index (κ2) is 11.1. The molecule has 0 saturated carbocycles. The van der Waals surface area contributed by atoms with E-state index in [1.165, 1.54) is 18.2 Å². The smallest absolute Gasteiger partial charge is 0.276 e. The Balaban J connectivity index is 1.46. The molecular formula is C22H25N3O5. The number of nitrogens with one attached hydrogen (secondary N) is 1. The normalized spacial score (nSPS) is 14.5. The monoisotopic (exact) mass is 411 g/mol. The molecule has 1 saturated heterocycles. The second-order valence-corrected chi connectivity index (χ2v) is 6.82. The molecule has 1 fully saturated rings. The van der Waals surface area contributed by atoms with Gasteiger partial charge in [-0.1, -0.05) is 24.3 Å². The summed E-state index contributed by atoms with van der Waals surface area (Å²) in [5.74, 6) is 0.428. The lowest BCUT2D eigenvalue weighted by atomic mass is 10.1. The second-order valence-electron chi connectivity index (χ2n) is 6.82. The van der Waals surface area contributed by atoms with Crippen molar-refractivity contribution < 1.29 is 19.2 Å². The van der Waals surface area contributed by atoms with Gasteiger partial charge in [0.25, 0.3) is 5.69 Å². The highest BCUT2D eigenvalue weighted by molar-refractivity contribution is 5.92. The molecule has 1 N–H and O–H groups in total. The Morgan fingerprint density at radius 3 is 2.80 bits per heavy atom. The van der Waals surface area contributed by atoms with E-state index in [-0.39, 0.29) is 11.6 Å². The number of morpholine rings is 1. The van der Waals surface area contributed by atoms with Crippen molar-refractivity contribution in [2.45, 2.75) is 6.54 Å². The summed E-state index contributed by atoms with van der Waals surface area (Å²) in [6.07, 6.45) is 2.74. The third-order valence-electron chi connectivity index (χ3n) is 4.69. The van der Waals surface area contributed by atoms with Crippen molar-refractivity contribution in [2.75, 3.05) is 39.5 Å². The molecule has 2 aromatic carbocycles. The van der Waals surface area contributed by atoms with Crippen molar-refractivity contribution in [3.8, 4) is 5.75 Å². The van der Waals surface area contributed by atoms with E-state index in [1.807, 2.05) is 24.3 Å². The fraction of sp³-hybridized carbons (Fsp3) is 0.318. The van der Waals surface area contributed by atoms with Crippen LogP contribution in [0.1, 0.15) is 11.1 Å². The predicted octanol–water partition coefficient (Wildman–Crippen LogP) is 2.64. The maximum Gasteiger partial charge on any atom is 0.276 e. The van der Waals surface area contributed by atoms with E-state index in [2.05, 4.69) is 10.2 Å². The summed E-state index contributed by atoms with van der Waals surface area (Å²) in [6, 6.07) is 13.8. The van der Waals surface area contributed by atoms with Crippen molar-refractivity contribution in [1.82, 2.24) is 10.2 Å². The van der Waals surface area contributed by atoms with E-state index in [0.29, 0.717) is 18.7 Å². The van der Waals surface area contributed by atoms with Crippen LogP contribution < -0.4 is 10.1 Å². The quantitative estimate of drug-likeness (QED) is 0.387. The van der Waals surface area contributed by atoms with Crippen LogP contribution >= 0.6 is 0 Å². The van der Waals surface area contributed by atoms with Gasteiger partial charge in [-0.05, 0) is 29.8 Å². The molecule has 30 heavy (non-hydrogen) atoms. The third-order valence-corrected chi connectivity index (χ3v) is 4.69. The maximum atomic E-state index is 12.1. The number of hydrogen-bond acceptors (Lipinski definition) is 6. The summed E-state index contributed by atoms with van der Waals surface area (Å²) < 4.78 is 11.2. The molecule has 1 heterocycles. The molecule has 0 aromatic heterocycles. The molecular weight excluding hydrogens is 386 g/mol. The van der Waals surface area contributed by atoms with E-state index >= 15 is 0 Å². The van der Waals surface area contributed by atoms with Crippen LogP contribution in [0.5, 0.6) is 5.75 Å². The molecule has 1 amide bonds. The van der Waals surface area contributed by atoms with Gasteiger partial charge in [0.05, 0.1) is 23.7 Å². The molecule has 0 atom stereocenters. The molecule has 8 heteroatoms. The number of hydrogen-bond donors (Lipinski definition) is 1. The van der Waals surface area contributed by atoms with Gasteiger partial charge in [0.15, 0.2) is 0 Å². The van der Waals surface area contributed by atoms with Gasteiger partial charge in [-0.25, -0.2) is 0 Å². The van der Waals surface area contributed by atoms with Crippen LogP contribution in [-0.4, -0.2) is 55.2 Å². The van der Waals surface area contributed by atoms with E-state index in [9.17, 15) is 14.9 Å². The number of nitrogens with zero attached hydrogens (tertiary/aromatic N) is 2. The van der Waals surface area contributed by atoms with Crippen LogP contribution in [0.4, 0.5) is 5.69 Å². The van der Waals surface area contributed by atoms with Crippen LogP contribution in [0.15, 0.2) is 54.6 Å². The first kappa shape index (κ1) is 21.5. The first-order valence-corrected chi connectivity index (χ1v) is 9.83. The molecule has 2 aromatic rings. The molecule has 1 aliphatic heterocycles. The van der Waals surface area contributed by atoms with E-state index in [1.54, 1.807) is 18.2 Å². The molecule has 158 valence electrons. The zero-order chi connectivity index (χ0) is 21.2. The van der Waals surface area contributed by atoms with Gasteiger partial charge < -0.3 is 14.8 Å². The van der Waals surface area contributed by atoms with Crippen molar-refractivity contribution >= 4 is 17.7 Å². The van der Waals surface area contributed by atoms with Gasteiger partial charge in [0.1, 0.15) is 12.4 Å². The molecule has 0 bridgehead atoms. The number of carbonyl (C=O) groups excluding carboxylic acids is 1. The lowest BCUT2D eigenvalue weighted by Crippen LogP contribution is -2.38. The highest BCUT2D eigenvalue weighted by Crippen LogP contribution is 2.19. The Hall–Kier alpha value is -3.23. The molecule has 3 rings (SSSR count). The first-order valence-electron chi connectivity index (χ1n) is 9.83. The zero-order valence-corrected chi connectivity index (χ0v) is 16.7. The van der Waals surface area contributed by atoms with Crippen LogP contribution in [0, 0.1) is 10.1 Å². The van der Waals surface area contributed by atoms with Crippen molar-refractivity contribution in [1.29, 1.82) is 0 Å². The lowest BCUT2D eigenvalue weighted by Gasteiger charge is -2.26. The fourth-order valence-corrected chi connectivity index (χ4v) is 3.07. The fourth-order valence-electron chi connectivity index (χ4n) is 3.07. The van der Waals surface area contributed by atoms with Gasteiger partial charge in [0.2, 0.25) is 5.91 Å². The summed E-state index contributed by atoms with van der Waals surface area (Å²) in [5, 5.41) is 13.8. The number of rotatable bonds is 9. The van der Waals surface area contributed by atoms with Crippen molar-refractivity contribution in [3.63, 3.8) is 0 Å². The molecule has 8 nitrogen and oxygen atoms in total. The summed E-state index contributed by atoms with van der Waals surface area (Å²) in [7, 11) is 0. The first-order chi connectivity index (χ1) is 14.6. The van der Waals surface area contributed by atoms with Gasteiger partial charge in [-0.2, -0.15) is 0 Å². The Bertz CT molecular complexity index is 894. The maximum absolute atomic E-state index is 12.1. The Kier molecular flexibility index (Phi) is 7.94. The number of carbonyl (C=O) groups is 1. The van der Waals surface area contributed by atoms with Gasteiger partial charge in [-0.15, -0.1) is 0 Å². The van der Waals surface area contributed by atoms with Crippen molar-refractivity contribution in [2.24, 2.45) is 0 Å². The standard InChI is InChI=1S/C22H25N3O5/c26-22(9-8-19-5-1-2-7-21(19)25(27)28)23-17-18-4-3-6-20(16-18)30-15-12-24-10-13-29-14-11-24/h1-9,16H,10-15,17H2,(H,23,26). The van der Waals surface area contributed by atoms with E-state index < -0.39 is 4.92 Å². The average molecular weight is 411 g/mol. The van der Waals surface area contributed by atoms with Gasteiger partial charge >= 0.3 is 0 Å². The molecule has 0 unspecified atom stereocenters. The molecule has 0 aliphatic carbocycles. The number of para-hydroxylation sites is 1. The van der Waals surface area contributed by atoms with Gasteiger partial charge in [0, 0.05) is 38.3 Å². The Morgan fingerprint density at radius 2 is 2.00 bits per heavy atom. The van der Waals surface area contributed by atoms with Crippen LogP contribution in [-0.2, 0) is 16.1 Å². The summed E-state index contributed by atoms with van der Waals surface area (Å²) in [5.41, 5.74) is 1.25. The highest BCUT2D eigenvalue weighted by Gasteiger charge is 2.11. The zero-order valence-electron chi connectivity index (χ0n) is 16.7. The molecule has 0 spiro atoms. The van der Waals surface area contributed by atoms with Crippen molar-refractivity contribution in [3.05, 3.63) is 75.8 Å². The lowest BCUT2D eigenvalue weighted by molar-refractivity contribution is -0.385. The highest BCUT2D eigenvalue weighted by atomic mass is 16.6. The molecule has 1 aliphatic rings. The Labute approximate surface area is 175 Å². The number of amides is 1. The minimum absolute atomic E-state index is 0.0384. The Morgan fingerprint density at radius 1 is 1.20 bits per heavy atom. The van der Waals surface area contributed by atoms with Crippen LogP contribution in [0.2, 0.25) is 0 Å². The molecule has 0 radical (unpaired) electrons. The predicted molar refractivity (Wildman–Crippen MR) is 113 cm³/mol. The minimum Gasteiger partial charge on any atom is -0.492 e.